The first-order valence-electron chi connectivity index (χ1n) is 11.0. The fourth-order valence-electron chi connectivity index (χ4n) is 3.91. The Morgan fingerprint density at radius 2 is 1.71 bits per heavy atom. The molecule has 5 nitrogen and oxygen atoms in total. The van der Waals surface area contributed by atoms with Crippen LogP contribution in [-0.4, -0.2) is 22.9 Å². The number of para-hydroxylation sites is 1. The van der Waals surface area contributed by atoms with E-state index in [1.54, 1.807) is 43.5 Å². The molecule has 180 valence electrons. The number of benzene rings is 3. The number of amides is 1. The van der Waals surface area contributed by atoms with Gasteiger partial charge in [0.1, 0.15) is 12.6 Å². The first-order valence-corrected chi connectivity index (χ1v) is 11.0. The number of fused-ring (bicyclic) bond motifs is 1. The third-order valence-electron chi connectivity index (χ3n) is 5.57. The van der Waals surface area contributed by atoms with Crippen molar-refractivity contribution in [3.63, 3.8) is 0 Å². The van der Waals surface area contributed by atoms with Gasteiger partial charge in [-0.15, -0.1) is 0 Å². The number of ether oxygens (including phenoxy) is 1. The predicted molar refractivity (Wildman–Crippen MR) is 126 cm³/mol. The van der Waals surface area contributed by atoms with Crippen molar-refractivity contribution in [1.29, 1.82) is 0 Å². The molecule has 0 aliphatic heterocycles. The minimum Gasteiger partial charge on any atom is -0.459 e. The molecule has 35 heavy (non-hydrogen) atoms. The number of alkyl halides is 3. The van der Waals surface area contributed by atoms with Crippen molar-refractivity contribution in [3.05, 3.63) is 107 Å². The summed E-state index contributed by atoms with van der Waals surface area (Å²) < 4.78 is 44.9. The van der Waals surface area contributed by atoms with E-state index in [9.17, 15) is 22.8 Å². The van der Waals surface area contributed by atoms with Gasteiger partial charge < -0.3 is 15.0 Å². The Bertz CT molecular complexity index is 1350. The van der Waals surface area contributed by atoms with E-state index in [1.165, 1.54) is 6.07 Å². The van der Waals surface area contributed by atoms with Crippen LogP contribution in [0.5, 0.6) is 0 Å². The summed E-state index contributed by atoms with van der Waals surface area (Å²) in [5.41, 5.74) is 1.85. The Morgan fingerprint density at radius 1 is 1.00 bits per heavy atom. The van der Waals surface area contributed by atoms with Crippen LogP contribution in [-0.2, 0) is 28.7 Å². The Kier molecular flexibility index (Phi) is 6.91. The quantitative estimate of drug-likeness (QED) is 0.339. The van der Waals surface area contributed by atoms with Crippen molar-refractivity contribution < 1.29 is 27.5 Å². The molecule has 4 rings (SSSR count). The van der Waals surface area contributed by atoms with Gasteiger partial charge in [-0.3, -0.25) is 4.79 Å². The smallest absolute Gasteiger partial charge is 0.416 e. The second kappa shape index (κ2) is 10.0. The zero-order valence-corrected chi connectivity index (χ0v) is 18.9. The molecule has 4 aromatic rings. The van der Waals surface area contributed by atoms with Crippen LogP contribution in [0.25, 0.3) is 10.9 Å². The fraction of sp³-hybridized carbons (Fsp3) is 0.185. The lowest BCUT2D eigenvalue weighted by molar-refractivity contribution is -0.147. The van der Waals surface area contributed by atoms with Gasteiger partial charge in [0.25, 0.3) is 5.91 Å². The Labute approximate surface area is 199 Å². The molecule has 1 atom stereocenters. The molecule has 0 radical (unpaired) electrons. The van der Waals surface area contributed by atoms with Gasteiger partial charge in [-0.2, -0.15) is 13.2 Å². The lowest BCUT2D eigenvalue weighted by atomic mass is 10.0. The third kappa shape index (κ3) is 5.90. The SMILES string of the molecule is Cc1cc(COC(=O)C(Cc2c[nH]c3ccccc23)NC(=O)c2ccccc2)cc(C(F)(F)F)c1. The molecular formula is C27H23F3N2O3. The molecule has 3 aromatic carbocycles. The van der Waals surface area contributed by atoms with Gasteiger partial charge in [0, 0.05) is 29.1 Å². The Hall–Kier alpha value is -4.07. The highest BCUT2D eigenvalue weighted by Crippen LogP contribution is 2.30. The van der Waals surface area contributed by atoms with Crippen LogP contribution in [0.4, 0.5) is 13.2 Å². The lowest BCUT2D eigenvalue weighted by Crippen LogP contribution is -2.43. The standard InChI is InChI=1S/C27H23F3N2O3/c1-17-11-18(13-21(12-17)27(28,29)30)16-35-26(34)24(32-25(33)19-7-3-2-4-8-19)14-20-15-31-23-10-6-5-9-22(20)23/h2-13,15,24,31H,14,16H2,1H3,(H,32,33). The second-order valence-corrected chi connectivity index (χ2v) is 8.27. The van der Waals surface area contributed by atoms with Crippen LogP contribution in [0.2, 0.25) is 0 Å². The van der Waals surface area contributed by atoms with Crippen LogP contribution in [0.1, 0.15) is 32.6 Å². The average Bonchev–Trinajstić information content (AvgIpc) is 3.24. The number of carbonyl (C=O) groups is 2. The van der Waals surface area contributed by atoms with E-state index in [-0.39, 0.29) is 18.6 Å². The van der Waals surface area contributed by atoms with E-state index in [2.05, 4.69) is 10.3 Å². The van der Waals surface area contributed by atoms with Gasteiger partial charge in [-0.25, -0.2) is 4.79 Å². The van der Waals surface area contributed by atoms with Crippen LogP contribution in [0.15, 0.2) is 79.0 Å². The summed E-state index contributed by atoms with van der Waals surface area (Å²) in [5.74, 6) is -1.20. The summed E-state index contributed by atoms with van der Waals surface area (Å²) in [5, 5.41) is 3.61. The molecular weight excluding hydrogens is 457 g/mol. The molecule has 1 aromatic heterocycles. The second-order valence-electron chi connectivity index (χ2n) is 8.27. The number of aryl methyl sites for hydroxylation is 1. The van der Waals surface area contributed by atoms with E-state index in [0.717, 1.165) is 28.6 Å². The number of halogens is 3. The highest BCUT2D eigenvalue weighted by molar-refractivity contribution is 5.97. The van der Waals surface area contributed by atoms with Gasteiger partial charge in [0.05, 0.1) is 5.56 Å². The molecule has 0 fully saturated rings. The summed E-state index contributed by atoms with van der Waals surface area (Å²) in [7, 11) is 0. The molecule has 0 saturated heterocycles. The number of aromatic nitrogens is 1. The molecule has 0 bridgehead atoms. The summed E-state index contributed by atoms with van der Waals surface area (Å²) >= 11 is 0. The lowest BCUT2D eigenvalue weighted by Gasteiger charge is -2.18. The van der Waals surface area contributed by atoms with E-state index in [4.69, 9.17) is 4.74 Å². The number of H-pyrrole nitrogens is 1. The molecule has 1 heterocycles. The van der Waals surface area contributed by atoms with E-state index >= 15 is 0 Å². The van der Waals surface area contributed by atoms with E-state index < -0.39 is 29.7 Å². The van der Waals surface area contributed by atoms with Gasteiger partial charge in [-0.05, 0) is 48.4 Å². The highest BCUT2D eigenvalue weighted by Gasteiger charge is 2.31. The Balaban J connectivity index is 1.55. The average molecular weight is 480 g/mol. The van der Waals surface area contributed by atoms with Gasteiger partial charge >= 0.3 is 12.1 Å². The molecule has 0 saturated carbocycles. The van der Waals surface area contributed by atoms with Crippen LogP contribution in [0, 0.1) is 6.92 Å². The predicted octanol–water partition coefficient (Wildman–Crippen LogP) is 5.58. The van der Waals surface area contributed by atoms with Crippen molar-refractivity contribution in [2.24, 2.45) is 0 Å². The molecule has 1 amide bonds. The first-order chi connectivity index (χ1) is 16.7. The maximum absolute atomic E-state index is 13.2. The molecule has 0 aliphatic rings. The molecule has 0 aliphatic carbocycles. The number of hydrogen-bond acceptors (Lipinski definition) is 3. The van der Waals surface area contributed by atoms with E-state index in [1.807, 2.05) is 24.3 Å². The van der Waals surface area contributed by atoms with Crippen molar-refractivity contribution in [3.8, 4) is 0 Å². The molecule has 8 heteroatoms. The number of hydrogen-bond donors (Lipinski definition) is 2. The zero-order chi connectivity index (χ0) is 25.0. The zero-order valence-electron chi connectivity index (χ0n) is 18.9. The van der Waals surface area contributed by atoms with Crippen molar-refractivity contribution >= 4 is 22.8 Å². The molecule has 0 spiro atoms. The monoisotopic (exact) mass is 480 g/mol. The fourth-order valence-corrected chi connectivity index (χ4v) is 3.91. The first kappa shape index (κ1) is 24.1. The van der Waals surface area contributed by atoms with Crippen molar-refractivity contribution in [2.75, 3.05) is 0 Å². The summed E-state index contributed by atoms with van der Waals surface area (Å²) in [6, 6.07) is 18.4. The van der Waals surface area contributed by atoms with Crippen LogP contribution < -0.4 is 5.32 Å². The van der Waals surface area contributed by atoms with Crippen LogP contribution in [0.3, 0.4) is 0 Å². The largest absolute Gasteiger partial charge is 0.459 e. The number of aromatic amines is 1. The maximum Gasteiger partial charge on any atom is 0.416 e. The maximum atomic E-state index is 13.2. The van der Waals surface area contributed by atoms with Crippen LogP contribution >= 0.6 is 0 Å². The summed E-state index contributed by atoms with van der Waals surface area (Å²) in [6.45, 7) is 1.19. The minimum absolute atomic E-state index is 0.142. The topological polar surface area (TPSA) is 71.2 Å². The molecule has 2 N–H and O–H groups in total. The number of nitrogens with one attached hydrogen (secondary N) is 2. The normalized spacial score (nSPS) is 12.3. The molecule has 1 unspecified atom stereocenters. The summed E-state index contributed by atoms with van der Waals surface area (Å²) in [4.78, 5) is 28.9. The summed E-state index contributed by atoms with van der Waals surface area (Å²) in [6.07, 6.45) is -2.61. The third-order valence-corrected chi connectivity index (χ3v) is 5.57. The highest BCUT2D eigenvalue weighted by atomic mass is 19.4. The van der Waals surface area contributed by atoms with Gasteiger partial charge in [0.15, 0.2) is 0 Å². The number of rotatable bonds is 7. The van der Waals surface area contributed by atoms with Gasteiger partial charge in [0.2, 0.25) is 0 Å². The van der Waals surface area contributed by atoms with Crippen molar-refractivity contribution in [2.45, 2.75) is 32.2 Å². The van der Waals surface area contributed by atoms with Gasteiger partial charge in [-0.1, -0.05) is 48.0 Å². The minimum atomic E-state index is -4.51. The van der Waals surface area contributed by atoms with Crippen molar-refractivity contribution in [1.82, 2.24) is 10.3 Å². The van der Waals surface area contributed by atoms with E-state index in [0.29, 0.717) is 11.1 Å². The number of esters is 1. The Morgan fingerprint density at radius 3 is 2.46 bits per heavy atom. The number of carbonyl (C=O) groups excluding carboxylic acids is 2.